The van der Waals surface area contributed by atoms with E-state index in [1.165, 1.54) is 6.20 Å². The zero-order chi connectivity index (χ0) is 21.1. The monoisotopic (exact) mass is 420 g/mol. The quantitative estimate of drug-likeness (QED) is 0.647. The molecule has 1 aromatic carbocycles. The predicted octanol–water partition coefficient (Wildman–Crippen LogP) is 4.22. The molecule has 1 fully saturated rings. The van der Waals surface area contributed by atoms with Crippen LogP contribution in [0, 0.1) is 0 Å². The summed E-state index contributed by atoms with van der Waals surface area (Å²) in [5.74, 6) is 0.210. The van der Waals surface area contributed by atoms with Gasteiger partial charge in [0.05, 0.1) is 10.4 Å². The van der Waals surface area contributed by atoms with E-state index in [0.29, 0.717) is 16.5 Å². The summed E-state index contributed by atoms with van der Waals surface area (Å²) in [7, 11) is 1.58. The van der Waals surface area contributed by atoms with Crippen molar-refractivity contribution in [3.8, 4) is 11.1 Å². The lowest BCUT2D eigenvalue weighted by Crippen LogP contribution is -2.46. The Morgan fingerprint density at radius 1 is 1.00 bits per heavy atom. The number of carbonyl (C=O) groups excluding carboxylic acids is 2. The molecular weight excluding hydrogens is 400 g/mol. The van der Waals surface area contributed by atoms with Crippen molar-refractivity contribution in [1.29, 1.82) is 0 Å². The van der Waals surface area contributed by atoms with Crippen molar-refractivity contribution >= 4 is 29.2 Å². The van der Waals surface area contributed by atoms with Gasteiger partial charge in [0.2, 0.25) is 5.91 Å². The van der Waals surface area contributed by atoms with E-state index in [9.17, 15) is 9.59 Å². The van der Waals surface area contributed by atoms with Crippen molar-refractivity contribution in [2.45, 2.75) is 24.7 Å². The van der Waals surface area contributed by atoms with E-state index in [4.69, 9.17) is 11.6 Å². The number of hydrogen-bond acceptors (Lipinski definition) is 4. The lowest BCUT2D eigenvalue weighted by atomic mass is 9.63. The largest absolute Gasteiger partial charge is 0.354 e. The Kier molecular flexibility index (Phi) is 5.50. The first-order valence-electron chi connectivity index (χ1n) is 9.74. The van der Waals surface area contributed by atoms with Crippen molar-refractivity contribution in [1.82, 2.24) is 15.3 Å². The fraction of sp³-hybridized carbons (Fsp3) is 0.217. The van der Waals surface area contributed by atoms with E-state index in [1.54, 1.807) is 31.4 Å². The standard InChI is InChI=1S/C23H21ClN4O2/c1-25-21(29)19-13-16(9-12-26-19)15-3-5-17(6-4-15)23(10-2-11-23)22(30)28-20-8-7-18(24)14-27-20/h3-9,12-14H,2,10-11H2,1H3,(H,25,29)(H,27,28,30). The maximum atomic E-state index is 13.1. The number of carbonyl (C=O) groups is 2. The molecular formula is C23H21ClN4O2. The van der Waals surface area contributed by atoms with Crippen molar-refractivity contribution in [3.05, 3.63) is 77.2 Å². The summed E-state index contributed by atoms with van der Waals surface area (Å²) in [6.07, 6.45) is 5.72. The Hall–Kier alpha value is -3.25. The molecule has 4 rings (SSSR count). The van der Waals surface area contributed by atoms with E-state index in [0.717, 1.165) is 36.0 Å². The van der Waals surface area contributed by atoms with Crippen molar-refractivity contribution in [3.63, 3.8) is 0 Å². The van der Waals surface area contributed by atoms with Crippen LogP contribution in [-0.2, 0) is 10.2 Å². The summed E-state index contributed by atoms with van der Waals surface area (Å²) >= 11 is 5.87. The van der Waals surface area contributed by atoms with Gasteiger partial charge in [0.1, 0.15) is 11.5 Å². The van der Waals surface area contributed by atoms with Gasteiger partial charge in [-0.3, -0.25) is 14.6 Å². The van der Waals surface area contributed by atoms with Crippen LogP contribution in [0.5, 0.6) is 0 Å². The highest BCUT2D eigenvalue weighted by Crippen LogP contribution is 2.45. The average Bonchev–Trinajstić information content (AvgIpc) is 2.74. The van der Waals surface area contributed by atoms with Crippen LogP contribution in [0.1, 0.15) is 35.3 Å². The molecule has 152 valence electrons. The summed E-state index contributed by atoms with van der Waals surface area (Å²) < 4.78 is 0. The molecule has 7 heteroatoms. The van der Waals surface area contributed by atoms with Gasteiger partial charge in [-0.25, -0.2) is 4.98 Å². The van der Waals surface area contributed by atoms with Crippen molar-refractivity contribution < 1.29 is 9.59 Å². The van der Waals surface area contributed by atoms with Gasteiger partial charge in [-0.1, -0.05) is 42.3 Å². The minimum Gasteiger partial charge on any atom is -0.354 e. The summed E-state index contributed by atoms with van der Waals surface area (Å²) in [5.41, 5.74) is 2.65. The second-order valence-corrected chi connectivity index (χ2v) is 7.77. The molecule has 0 atom stereocenters. The molecule has 0 saturated heterocycles. The van der Waals surface area contributed by atoms with Gasteiger partial charge in [0, 0.05) is 19.4 Å². The van der Waals surface area contributed by atoms with Gasteiger partial charge in [-0.05, 0) is 53.8 Å². The Labute approximate surface area is 179 Å². The molecule has 2 heterocycles. The summed E-state index contributed by atoms with van der Waals surface area (Å²) in [6, 6.07) is 15.0. The highest BCUT2D eigenvalue weighted by atomic mass is 35.5. The smallest absolute Gasteiger partial charge is 0.269 e. The summed E-state index contributed by atoms with van der Waals surface area (Å²) in [6.45, 7) is 0. The van der Waals surface area contributed by atoms with Crippen molar-refractivity contribution in [2.24, 2.45) is 0 Å². The molecule has 2 N–H and O–H groups in total. The first-order chi connectivity index (χ1) is 14.5. The number of aromatic nitrogens is 2. The number of amides is 2. The van der Waals surface area contributed by atoms with Crippen LogP contribution >= 0.6 is 11.6 Å². The minimum absolute atomic E-state index is 0.0536. The van der Waals surface area contributed by atoms with Crippen LogP contribution in [0.25, 0.3) is 11.1 Å². The summed E-state index contributed by atoms with van der Waals surface area (Å²) in [5, 5.41) is 6.03. The van der Waals surface area contributed by atoms with Crippen LogP contribution in [-0.4, -0.2) is 28.8 Å². The number of nitrogens with one attached hydrogen (secondary N) is 2. The number of rotatable bonds is 5. The van der Waals surface area contributed by atoms with Crippen LogP contribution in [0.2, 0.25) is 5.02 Å². The SMILES string of the molecule is CNC(=O)c1cc(-c2ccc(C3(C(=O)Nc4ccc(Cl)cn4)CCC3)cc2)ccn1. The van der Waals surface area contributed by atoms with Gasteiger partial charge in [0.15, 0.2) is 0 Å². The van der Waals surface area contributed by atoms with Gasteiger partial charge in [-0.2, -0.15) is 0 Å². The lowest BCUT2D eigenvalue weighted by molar-refractivity contribution is -0.124. The topological polar surface area (TPSA) is 84.0 Å². The normalized spacial score (nSPS) is 14.5. The molecule has 2 amide bonds. The van der Waals surface area contributed by atoms with Gasteiger partial charge in [0.25, 0.3) is 5.91 Å². The third kappa shape index (κ3) is 3.78. The van der Waals surface area contributed by atoms with Crippen LogP contribution in [0.4, 0.5) is 5.82 Å². The molecule has 2 aromatic heterocycles. The molecule has 3 aromatic rings. The molecule has 0 radical (unpaired) electrons. The Morgan fingerprint density at radius 2 is 1.77 bits per heavy atom. The summed E-state index contributed by atoms with van der Waals surface area (Å²) in [4.78, 5) is 33.2. The third-order valence-corrected chi connectivity index (χ3v) is 5.82. The van der Waals surface area contributed by atoms with E-state index >= 15 is 0 Å². The van der Waals surface area contributed by atoms with E-state index < -0.39 is 5.41 Å². The highest BCUT2D eigenvalue weighted by Gasteiger charge is 2.45. The maximum Gasteiger partial charge on any atom is 0.269 e. The molecule has 0 spiro atoms. The molecule has 30 heavy (non-hydrogen) atoms. The van der Waals surface area contributed by atoms with Crippen LogP contribution in [0.3, 0.4) is 0 Å². The molecule has 0 aliphatic heterocycles. The zero-order valence-electron chi connectivity index (χ0n) is 16.5. The predicted molar refractivity (Wildman–Crippen MR) is 116 cm³/mol. The van der Waals surface area contributed by atoms with E-state index in [-0.39, 0.29) is 11.8 Å². The first kappa shape index (κ1) is 20.0. The lowest BCUT2D eigenvalue weighted by Gasteiger charge is -2.40. The van der Waals surface area contributed by atoms with E-state index in [2.05, 4.69) is 20.6 Å². The fourth-order valence-electron chi connectivity index (χ4n) is 3.71. The van der Waals surface area contributed by atoms with Gasteiger partial charge >= 0.3 is 0 Å². The molecule has 1 saturated carbocycles. The Morgan fingerprint density at radius 3 is 2.37 bits per heavy atom. The number of nitrogens with zero attached hydrogens (tertiary/aromatic N) is 2. The number of hydrogen-bond donors (Lipinski definition) is 2. The molecule has 6 nitrogen and oxygen atoms in total. The Balaban J connectivity index is 1.57. The van der Waals surface area contributed by atoms with Gasteiger partial charge < -0.3 is 10.6 Å². The molecule has 0 bridgehead atoms. The second kappa shape index (κ2) is 8.24. The minimum atomic E-state index is -0.550. The van der Waals surface area contributed by atoms with Crippen LogP contribution < -0.4 is 10.6 Å². The highest BCUT2D eigenvalue weighted by molar-refractivity contribution is 6.30. The molecule has 1 aliphatic rings. The van der Waals surface area contributed by atoms with Crippen molar-refractivity contribution in [2.75, 3.05) is 12.4 Å². The number of benzene rings is 1. The number of anilines is 1. The second-order valence-electron chi connectivity index (χ2n) is 7.34. The van der Waals surface area contributed by atoms with Gasteiger partial charge in [-0.15, -0.1) is 0 Å². The average molecular weight is 421 g/mol. The molecule has 1 aliphatic carbocycles. The zero-order valence-corrected chi connectivity index (χ0v) is 17.2. The Bertz CT molecular complexity index is 1080. The third-order valence-electron chi connectivity index (χ3n) is 5.60. The fourth-order valence-corrected chi connectivity index (χ4v) is 3.82. The number of pyridine rings is 2. The number of halogens is 1. The van der Waals surface area contributed by atoms with E-state index in [1.807, 2.05) is 30.3 Å². The molecule has 0 unspecified atom stereocenters. The maximum absolute atomic E-state index is 13.1. The van der Waals surface area contributed by atoms with Crippen LogP contribution in [0.15, 0.2) is 60.9 Å². The first-order valence-corrected chi connectivity index (χ1v) is 10.1.